The van der Waals surface area contributed by atoms with Crippen LogP contribution in [0.15, 0.2) is 18.2 Å². The highest BCUT2D eigenvalue weighted by molar-refractivity contribution is 5.78. The van der Waals surface area contributed by atoms with Crippen molar-refractivity contribution >= 4 is 11.6 Å². The molecule has 3 rings (SSSR count). The zero-order chi connectivity index (χ0) is 13.9. The zero-order valence-electron chi connectivity index (χ0n) is 12.1. The van der Waals surface area contributed by atoms with Gasteiger partial charge in [-0.15, -0.1) is 0 Å². The van der Waals surface area contributed by atoms with Crippen molar-refractivity contribution in [1.29, 1.82) is 0 Å². The van der Waals surface area contributed by atoms with Gasteiger partial charge in [0.15, 0.2) is 0 Å². The normalized spacial score (nSPS) is 21.8. The van der Waals surface area contributed by atoms with Crippen molar-refractivity contribution in [3.8, 4) is 0 Å². The fourth-order valence-electron chi connectivity index (χ4n) is 3.17. The smallest absolute Gasteiger partial charge is 0.220 e. The van der Waals surface area contributed by atoms with Gasteiger partial charge in [0, 0.05) is 44.8 Å². The Hall–Kier alpha value is -1.55. The van der Waals surface area contributed by atoms with E-state index in [1.807, 2.05) is 0 Å². The van der Waals surface area contributed by atoms with Crippen LogP contribution in [0.1, 0.15) is 30.4 Å². The molecule has 0 saturated carbocycles. The summed E-state index contributed by atoms with van der Waals surface area (Å²) in [5.41, 5.74) is 4.18. The molecule has 0 aromatic heterocycles. The third-order valence-electron chi connectivity index (χ3n) is 4.30. The third kappa shape index (κ3) is 2.96. The molecule has 1 atom stereocenters. The first-order valence-electron chi connectivity index (χ1n) is 7.55. The van der Waals surface area contributed by atoms with Gasteiger partial charge in [-0.3, -0.25) is 4.79 Å². The number of nitrogens with zero attached hydrogens (tertiary/aromatic N) is 1. The van der Waals surface area contributed by atoms with E-state index in [1.54, 1.807) is 0 Å². The van der Waals surface area contributed by atoms with E-state index in [0.717, 1.165) is 26.1 Å². The second kappa shape index (κ2) is 5.83. The lowest BCUT2D eigenvalue weighted by Crippen LogP contribution is -2.35. The van der Waals surface area contributed by atoms with Crippen molar-refractivity contribution in [1.82, 2.24) is 10.6 Å². The molecule has 1 saturated heterocycles. The van der Waals surface area contributed by atoms with Crippen LogP contribution in [0.4, 0.5) is 5.69 Å². The number of amides is 1. The van der Waals surface area contributed by atoms with E-state index in [2.05, 4.69) is 40.8 Å². The molecule has 4 nitrogen and oxygen atoms in total. The van der Waals surface area contributed by atoms with Crippen molar-refractivity contribution in [2.45, 2.75) is 38.3 Å². The van der Waals surface area contributed by atoms with Crippen LogP contribution in [0.5, 0.6) is 0 Å². The maximum atomic E-state index is 11.1. The van der Waals surface area contributed by atoms with E-state index in [1.165, 1.54) is 29.7 Å². The molecule has 1 amide bonds. The molecule has 2 aliphatic rings. The molecule has 0 bridgehead atoms. The summed E-state index contributed by atoms with van der Waals surface area (Å²) < 4.78 is 0. The van der Waals surface area contributed by atoms with Crippen molar-refractivity contribution < 1.29 is 4.79 Å². The molecule has 2 aliphatic heterocycles. The van der Waals surface area contributed by atoms with Gasteiger partial charge in [0.1, 0.15) is 0 Å². The largest absolute Gasteiger partial charge is 0.374 e. The van der Waals surface area contributed by atoms with E-state index >= 15 is 0 Å². The Labute approximate surface area is 120 Å². The van der Waals surface area contributed by atoms with Crippen molar-refractivity contribution in [3.05, 3.63) is 29.3 Å². The standard InChI is InChI=1S/C16H23N3O/c1-19-8-2-3-13-9-12(4-6-15(13)19)10-17-11-14-5-7-16(20)18-14/h4,6,9,14,17H,2-3,5,7-8,10-11H2,1H3,(H,18,20). The molecule has 2 N–H and O–H groups in total. The number of hydrogen-bond acceptors (Lipinski definition) is 3. The van der Waals surface area contributed by atoms with E-state index in [9.17, 15) is 4.79 Å². The summed E-state index contributed by atoms with van der Waals surface area (Å²) in [6.45, 7) is 2.90. The summed E-state index contributed by atoms with van der Waals surface area (Å²) in [4.78, 5) is 13.5. The Morgan fingerprint density at radius 3 is 3.10 bits per heavy atom. The van der Waals surface area contributed by atoms with Gasteiger partial charge in [-0.1, -0.05) is 12.1 Å². The Morgan fingerprint density at radius 1 is 1.40 bits per heavy atom. The van der Waals surface area contributed by atoms with Crippen LogP contribution in [0.25, 0.3) is 0 Å². The molecule has 20 heavy (non-hydrogen) atoms. The van der Waals surface area contributed by atoms with Crippen molar-refractivity contribution in [3.63, 3.8) is 0 Å². The highest BCUT2D eigenvalue weighted by Gasteiger charge is 2.20. The lowest BCUT2D eigenvalue weighted by molar-refractivity contribution is -0.119. The Kier molecular flexibility index (Phi) is 3.92. The minimum atomic E-state index is 0.189. The minimum Gasteiger partial charge on any atom is -0.374 e. The number of nitrogens with one attached hydrogen (secondary N) is 2. The number of benzene rings is 1. The first kappa shape index (κ1) is 13.4. The van der Waals surface area contributed by atoms with Gasteiger partial charge in [0.25, 0.3) is 0 Å². The fourth-order valence-corrected chi connectivity index (χ4v) is 3.17. The molecule has 1 unspecified atom stereocenters. The second-order valence-corrected chi connectivity index (χ2v) is 5.92. The number of rotatable bonds is 4. The van der Waals surface area contributed by atoms with Crippen LogP contribution >= 0.6 is 0 Å². The molecule has 0 aliphatic carbocycles. The number of carbonyl (C=O) groups is 1. The lowest BCUT2D eigenvalue weighted by Gasteiger charge is -2.28. The van der Waals surface area contributed by atoms with Crippen LogP contribution in [-0.4, -0.2) is 32.1 Å². The summed E-state index contributed by atoms with van der Waals surface area (Å²) >= 11 is 0. The SMILES string of the molecule is CN1CCCc2cc(CNCC3CCC(=O)N3)ccc21. The van der Waals surface area contributed by atoms with Crippen molar-refractivity contribution in [2.75, 3.05) is 25.0 Å². The van der Waals surface area contributed by atoms with Gasteiger partial charge in [-0.05, 0) is 36.5 Å². The van der Waals surface area contributed by atoms with Crippen molar-refractivity contribution in [2.24, 2.45) is 0 Å². The van der Waals surface area contributed by atoms with Gasteiger partial charge in [-0.2, -0.15) is 0 Å². The molecular formula is C16H23N3O. The average Bonchev–Trinajstić information content (AvgIpc) is 2.85. The third-order valence-corrected chi connectivity index (χ3v) is 4.30. The minimum absolute atomic E-state index is 0.189. The van der Waals surface area contributed by atoms with E-state index in [4.69, 9.17) is 0 Å². The fraction of sp³-hybridized carbons (Fsp3) is 0.562. The van der Waals surface area contributed by atoms with Gasteiger partial charge < -0.3 is 15.5 Å². The summed E-state index contributed by atoms with van der Waals surface area (Å²) in [6.07, 6.45) is 4.07. The summed E-state index contributed by atoms with van der Waals surface area (Å²) in [5, 5.41) is 6.44. The highest BCUT2D eigenvalue weighted by Crippen LogP contribution is 2.26. The predicted molar refractivity (Wildman–Crippen MR) is 80.9 cm³/mol. The zero-order valence-corrected chi connectivity index (χ0v) is 12.1. The number of carbonyl (C=O) groups excluding carboxylic acids is 1. The molecule has 108 valence electrons. The molecule has 1 fully saturated rings. The number of fused-ring (bicyclic) bond motifs is 1. The number of hydrogen-bond donors (Lipinski definition) is 2. The highest BCUT2D eigenvalue weighted by atomic mass is 16.1. The Morgan fingerprint density at radius 2 is 2.30 bits per heavy atom. The van der Waals surface area contributed by atoms with E-state index < -0.39 is 0 Å². The van der Waals surface area contributed by atoms with Crippen LogP contribution in [0.2, 0.25) is 0 Å². The molecule has 4 heteroatoms. The molecule has 0 radical (unpaired) electrons. The lowest BCUT2D eigenvalue weighted by atomic mass is 9.99. The van der Waals surface area contributed by atoms with Crippen LogP contribution in [0.3, 0.4) is 0 Å². The van der Waals surface area contributed by atoms with Crippen LogP contribution in [0, 0.1) is 0 Å². The Balaban J connectivity index is 1.54. The van der Waals surface area contributed by atoms with Crippen LogP contribution < -0.4 is 15.5 Å². The molecular weight excluding hydrogens is 250 g/mol. The van der Waals surface area contributed by atoms with Gasteiger partial charge >= 0.3 is 0 Å². The molecule has 2 heterocycles. The van der Waals surface area contributed by atoms with Gasteiger partial charge in [0.05, 0.1) is 0 Å². The van der Waals surface area contributed by atoms with E-state index in [0.29, 0.717) is 12.5 Å². The molecule has 1 aromatic carbocycles. The topological polar surface area (TPSA) is 44.4 Å². The number of aryl methyl sites for hydroxylation is 1. The summed E-state index contributed by atoms with van der Waals surface area (Å²) in [5.74, 6) is 0.189. The number of anilines is 1. The quantitative estimate of drug-likeness (QED) is 0.872. The molecule has 1 aromatic rings. The first-order chi connectivity index (χ1) is 9.72. The van der Waals surface area contributed by atoms with Crippen LogP contribution in [-0.2, 0) is 17.8 Å². The maximum Gasteiger partial charge on any atom is 0.220 e. The average molecular weight is 273 g/mol. The first-order valence-corrected chi connectivity index (χ1v) is 7.55. The van der Waals surface area contributed by atoms with E-state index in [-0.39, 0.29) is 5.91 Å². The maximum absolute atomic E-state index is 11.1. The van der Waals surface area contributed by atoms with Gasteiger partial charge in [0.2, 0.25) is 5.91 Å². The predicted octanol–water partition coefficient (Wildman–Crippen LogP) is 1.44. The molecule has 0 spiro atoms. The summed E-state index contributed by atoms with van der Waals surface area (Å²) in [7, 11) is 2.17. The second-order valence-electron chi connectivity index (χ2n) is 5.92. The van der Waals surface area contributed by atoms with Gasteiger partial charge in [-0.25, -0.2) is 0 Å². The summed E-state index contributed by atoms with van der Waals surface area (Å²) in [6, 6.07) is 7.08. The Bertz CT molecular complexity index is 500. The monoisotopic (exact) mass is 273 g/mol.